The standard InChI is InChI=1S/C9H10N4O2/c1-2-5-7(12-13-11)4-3-6(8(5)14)9(10)15/h3-4,14H,2H2,1H3,(H2,10,15). The molecule has 1 amide bonds. The van der Waals surface area contributed by atoms with E-state index in [4.69, 9.17) is 11.3 Å². The number of hydrogen-bond acceptors (Lipinski definition) is 3. The number of nitrogens with two attached hydrogens (primary N) is 1. The fourth-order valence-electron chi connectivity index (χ4n) is 1.31. The van der Waals surface area contributed by atoms with Gasteiger partial charge in [0.1, 0.15) is 5.75 Å². The van der Waals surface area contributed by atoms with E-state index >= 15 is 0 Å². The van der Waals surface area contributed by atoms with E-state index in [0.29, 0.717) is 17.7 Å². The van der Waals surface area contributed by atoms with Crippen LogP contribution in [0.15, 0.2) is 17.2 Å². The predicted molar refractivity (Wildman–Crippen MR) is 54.8 cm³/mol. The van der Waals surface area contributed by atoms with Gasteiger partial charge in [0, 0.05) is 16.2 Å². The first-order chi connectivity index (χ1) is 7.11. The lowest BCUT2D eigenvalue weighted by Gasteiger charge is -2.08. The molecule has 3 N–H and O–H groups in total. The first-order valence-corrected chi connectivity index (χ1v) is 4.31. The second-order valence-electron chi connectivity index (χ2n) is 2.87. The van der Waals surface area contributed by atoms with Crippen molar-refractivity contribution in [3.8, 4) is 5.75 Å². The largest absolute Gasteiger partial charge is 0.507 e. The summed E-state index contributed by atoms with van der Waals surface area (Å²) in [7, 11) is 0. The summed E-state index contributed by atoms with van der Waals surface area (Å²) in [5.74, 6) is -0.926. The second kappa shape index (κ2) is 4.34. The summed E-state index contributed by atoms with van der Waals surface area (Å²) < 4.78 is 0. The molecule has 0 bridgehead atoms. The van der Waals surface area contributed by atoms with E-state index in [1.54, 1.807) is 6.92 Å². The summed E-state index contributed by atoms with van der Waals surface area (Å²) in [4.78, 5) is 13.5. The van der Waals surface area contributed by atoms with Gasteiger partial charge in [-0.2, -0.15) is 0 Å². The molecule has 6 heteroatoms. The van der Waals surface area contributed by atoms with Crippen molar-refractivity contribution in [2.75, 3.05) is 0 Å². The molecule has 15 heavy (non-hydrogen) atoms. The molecule has 1 aromatic carbocycles. The third-order valence-electron chi connectivity index (χ3n) is 2.03. The van der Waals surface area contributed by atoms with Crippen LogP contribution in [0.25, 0.3) is 10.4 Å². The van der Waals surface area contributed by atoms with Gasteiger partial charge in [-0.15, -0.1) is 0 Å². The second-order valence-corrected chi connectivity index (χ2v) is 2.87. The van der Waals surface area contributed by atoms with Crippen molar-refractivity contribution in [3.05, 3.63) is 33.7 Å². The minimum absolute atomic E-state index is 0.0312. The van der Waals surface area contributed by atoms with Crippen molar-refractivity contribution in [1.82, 2.24) is 0 Å². The van der Waals surface area contributed by atoms with Crippen molar-refractivity contribution in [1.29, 1.82) is 0 Å². The van der Waals surface area contributed by atoms with Gasteiger partial charge in [0.25, 0.3) is 5.91 Å². The molecule has 0 fully saturated rings. The zero-order chi connectivity index (χ0) is 11.4. The van der Waals surface area contributed by atoms with Crippen LogP contribution in [0.2, 0.25) is 0 Å². The number of phenols is 1. The van der Waals surface area contributed by atoms with E-state index in [9.17, 15) is 9.90 Å². The lowest BCUT2D eigenvalue weighted by atomic mass is 10.0. The molecule has 0 aliphatic carbocycles. The van der Waals surface area contributed by atoms with Crippen molar-refractivity contribution in [2.24, 2.45) is 10.8 Å². The van der Waals surface area contributed by atoms with E-state index < -0.39 is 5.91 Å². The maximum absolute atomic E-state index is 10.9. The summed E-state index contributed by atoms with van der Waals surface area (Å²) >= 11 is 0. The number of hydrogen-bond donors (Lipinski definition) is 2. The Labute approximate surface area is 86.0 Å². The fraction of sp³-hybridized carbons (Fsp3) is 0.222. The first-order valence-electron chi connectivity index (χ1n) is 4.31. The van der Waals surface area contributed by atoms with Crippen LogP contribution < -0.4 is 5.73 Å². The van der Waals surface area contributed by atoms with Crippen LogP contribution >= 0.6 is 0 Å². The highest BCUT2D eigenvalue weighted by atomic mass is 16.3. The number of aromatic hydroxyl groups is 1. The topological polar surface area (TPSA) is 112 Å². The van der Waals surface area contributed by atoms with E-state index in [2.05, 4.69) is 10.0 Å². The number of carbonyl (C=O) groups excluding carboxylic acids is 1. The van der Waals surface area contributed by atoms with Gasteiger partial charge in [0.2, 0.25) is 0 Å². The molecule has 1 aromatic rings. The Hall–Kier alpha value is -2.20. The summed E-state index contributed by atoms with van der Waals surface area (Å²) in [6, 6.07) is 2.79. The van der Waals surface area contributed by atoms with Gasteiger partial charge in [-0.1, -0.05) is 18.1 Å². The van der Waals surface area contributed by atoms with Gasteiger partial charge in [0.15, 0.2) is 0 Å². The van der Waals surface area contributed by atoms with Gasteiger partial charge < -0.3 is 10.8 Å². The van der Waals surface area contributed by atoms with Crippen molar-refractivity contribution in [3.63, 3.8) is 0 Å². The minimum atomic E-state index is -0.713. The molecule has 0 spiro atoms. The summed E-state index contributed by atoms with van der Waals surface area (Å²) in [6.45, 7) is 1.77. The quantitative estimate of drug-likeness (QED) is 0.447. The normalized spacial score (nSPS) is 9.40. The Bertz CT molecular complexity index is 450. The maximum atomic E-state index is 10.9. The Morgan fingerprint density at radius 2 is 2.33 bits per heavy atom. The average molecular weight is 206 g/mol. The van der Waals surface area contributed by atoms with E-state index in [1.165, 1.54) is 12.1 Å². The molecule has 6 nitrogen and oxygen atoms in total. The number of rotatable bonds is 3. The molecule has 0 radical (unpaired) electrons. The van der Waals surface area contributed by atoms with Crippen LogP contribution in [0, 0.1) is 0 Å². The zero-order valence-electron chi connectivity index (χ0n) is 8.14. The van der Waals surface area contributed by atoms with Crippen LogP contribution in [-0.2, 0) is 6.42 Å². The molecule has 0 saturated carbocycles. The number of nitrogens with zero attached hydrogens (tertiary/aromatic N) is 3. The number of primary amides is 1. The lowest BCUT2D eigenvalue weighted by molar-refractivity contribution is 0.0997. The van der Waals surface area contributed by atoms with E-state index in [1.807, 2.05) is 0 Å². The average Bonchev–Trinajstić information content (AvgIpc) is 2.18. The molecular formula is C9H10N4O2. The molecule has 0 aliphatic rings. The number of carbonyl (C=O) groups is 1. The molecule has 0 aromatic heterocycles. The fourth-order valence-corrected chi connectivity index (χ4v) is 1.31. The molecule has 0 atom stereocenters. The van der Waals surface area contributed by atoms with Crippen LogP contribution in [0.1, 0.15) is 22.8 Å². The first kappa shape index (κ1) is 10.9. The Morgan fingerprint density at radius 3 is 2.80 bits per heavy atom. The van der Waals surface area contributed by atoms with Crippen LogP contribution in [0.3, 0.4) is 0 Å². The Balaban J connectivity index is 3.45. The number of amides is 1. The molecular weight excluding hydrogens is 196 g/mol. The SMILES string of the molecule is CCc1c(N=[N+]=[N-])ccc(C(N)=O)c1O. The molecule has 0 heterocycles. The number of azide groups is 1. The lowest BCUT2D eigenvalue weighted by Crippen LogP contribution is -2.11. The highest BCUT2D eigenvalue weighted by molar-refractivity contribution is 5.96. The third kappa shape index (κ3) is 2.00. The van der Waals surface area contributed by atoms with Crippen LogP contribution in [0.4, 0.5) is 5.69 Å². The predicted octanol–water partition coefficient (Wildman–Crippen LogP) is 2.00. The van der Waals surface area contributed by atoms with Crippen molar-refractivity contribution >= 4 is 11.6 Å². The zero-order valence-corrected chi connectivity index (χ0v) is 8.14. The van der Waals surface area contributed by atoms with Crippen LogP contribution in [0.5, 0.6) is 5.75 Å². The smallest absolute Gasteiger partial charge is 0.252 e. The summed E-state index contributed by atoms with van der Waals surface area (Å²) in [5.41, 5.74) is 14.1. The van der Waals surface area contributed by atoms with Crippen LogP contribution in [-0.4, -0.2) is 11.0 Å². The molecule has 0 aliphatic heterocycles. The highest BCUT2D eigenvalue weighted by Gasteiger charge is 2.13. The maximum Gasteiger partial charge on any atom is 0.252 e. The summed E-state index contributed by atoms with van der Waals surface area (Å²) in [6.07, 6.45) is 0.446. The van der Waals surface area contributed by atoms with E-state index in [0.717, 1.165) is 0 Å². The Kier molecular flexibility index (Phi) is 3.15. The molecule has 0 saturated heterocycles. The van der Waals surface area contributed by atoms with Gasteiger partial charge >= 0.3 is 0 Å². The Morgan fingerprint density at radius 1 is 1.67 bits per heavy atom. The third-order valence-corrected chi connectivity index (χ3v) is 2.03. The van der Waals surface area contributed by atoms with Gasteiger partial charge in [-0.05, 0) is 18.0 Å². The molecule has 1 rings (SSSR count). The molecule has 78 valence electrons. The summed E-state index contributed by atoms with van der Waals surface area (Å²) in [5, 5.41) is 13.1. The van der Waals surface area contributed by atoms with Gasteiger partial charge in [-0.3, -0.25) is 4.79 Å². The minimum Gasteiger partial charge on any atom is -0.507 e. The van der Waals surface area contributed by atoms with Gasteiger partial charge in [0.05, 0.1) is 5.56 Å². The van der Waals surface area contributed by atoms with Crippen molar-refractivity contribution < 1.29 is 9.90 Å². The highest BCUT2D eigenvalue weighted by Crippen LogP contribution is 2.31. The van der Waals surface area contributed by atoms with Gasteiger partial charge in [-0.25, -0.2) is 0 Å². The monoisotopic (exact) mass is 206 g/mol. The number of benzene rings is 1. The molecule has 0 unspecified atom stereocenters. The van der Waals surface area contributed by atoms with Crippen molar-refractivity contribution in [2.45, 2.75) is 13.3 Å². The van der Waals surface area contributed by atoms with E-state index in [-0.39, 0.29) is 11.3 Å².